The van der Waals surface area contributed by atoms with Gasteiger partial charge < -0.3 is 4.74 Å². The molecule has 0 saturated heterocycles. The Kier molecular flexibility index (Phi) is 2.70. The highest BCUT2D eigenvalue weighted by molar-refractivity contribution is 6.13. The molecule has 0 heterocycles. The SMILES string of the molecule is C#CC(=O)C(F)(F)C(=O)OC. The summed E-state index contributed by atoms with van der Waals surface area (Å²) in [6.07, 6.45) is 4.36. The van der Waals surface area contributed by atoms with Gasteiger partial charge in [0.05, 0.1) is 7.11 Å². The quantitative estimate of drug-likeness (QED) is 0.248. The van der Waals surface area contributed by atoms with Crippen molar-refractivity contribution in [3.8, 4) is 12.3 Å². The molecule has 0 aliphatic rings. The van der Waals surface area contributed by atoms with Gasteiger partial charge >= 0.3 is 11.9 Å². The molecule has 3 nitrogen and oxygen atoms in total. The normalized spacial score (nSPS) is 10.0. The summed E-state index contributed by atoms with van der Waals surface area (Å²) in [5, 5.41) is 0. The summed E-state index contributed by atoms with van der Waals surface area (Å²) in [5.41, 5.74) is 0. The number of hydrogen-bond acceptors (Lipinski definition) is 3. The van der Waals surface area contributed by atoms with Crippen LogP contribution in [0.25, 0.3) is 0 Å². The van der Waals surface area contributed by atoms with Crippen molar-refractivity contribution < 1.29 is 23.1 Å². The molecule has 11 heavy (non-hydrogen) atoms. The van der Waals surface area contributed by atoms with Crippen molar-refractivity contribution in [3.63, 3.8) is 0 Å². The summed E-state index contributed by atoms with van der Waals surface area (Å²) in [7, 11) is 0.736. The van der Waals surface area contributed by atoms with Gasteiger partial charge in [-0.05, 0) is 5.92 Å². The number of rotatable bonds is 2. The largest absolute Gasteiger partial charge is 0.464 e. The van der Waals surface area contributed by atoms with Crippen LogP contribution in [0.3, 0.4) is 0 Å². The molecule has 60 valence electrons. The van der Waals surface area contributed by atoms with Crippen LogP contribution in [0.4, 0.5) is 8.78 Å². The van der Waals surface area contributed by atoms with Crippen LogP contribution in [0.5, 0.6) is 0 Å². The molecule has 0 spiro atoms. The van der Waals surface area contributed by atoms with Crippen LogP contribution in [0.15, 0.2) is 0 Å². The van der Waals surface area contributed by atoms with E-state index in [2.05, 4.69) is 11.2 Å². The molecular weight excluding hydrogens is 158 g/mol. The minimum Gasteiger partial charge on any atom is -0.464 e. The standard InChI is InChI=1S/C6H4F2O3/c1-3-4(9)6(7,8)5(10)11-2/h1H,2H3. The van der Waals surface area contributed by atoms with E-state index in [0.717, 1.165) is 13.0 Å². The summed E-state index contributed by atoms with van der Waals surface area (Å²) >= 11 is 0. The number of ether oxygens (including phenoxy) is 1. The molecule has 0 fully saturated rings. The summed E-state index contributed by atoms with van der Waals surface area (Å²) in [5.74, 6) is -6.93. The van der Waals surface area contributed by atoms with Crippen molar-refractivity contribution >= 4 is 11.8 Å². The second kappa shape index (κ2) is 3.10. The zero-order valence-corrected chi connectivity index (χ0v) is 5.56. The first-order chi connectivity index (χ1) is 4.96. The Morgan fingerprint density at radius 2 is 2.00 bits per heavy atom. The van der Waals surface area contributed by atoms with Gasteiger partial charge in [0.25, 0.3) is 5.78 Å². The van der Waals surface area contributed by atoms with Gasteiger partial charge in [-0.15, -0.1) is 6.42 Å². The van der Waals surface area contributed by atoms with Crippen LogP contribution in [0.2, 0.25) is 0 Å². The number of terminal acetylenes is 1. The lowest BCUT2D eigenvalue weighted by Gasteiger charge is -2.07. The smallest absolute Gasteiger partial charge is 0.411 e. The van der Waals surface area contributed by atoms with Crippen LogP contribution in [0.1, 0.15) is 0 Å². The molecule has 0 N–H and O–H groups in total. The van der Waals surface area contributed by atoms with E-state index in [4.69, 9.17) is 0 Å². The third-order valence-electron chi connectivity index (χ3n) is 0.858. The van der Waals surface area contributed by atoms with Crippen LogP contribution < -0.4 is 0 Å². The molecule has 0 atom stereocenters. The molecule has 0 aromatic rings. The van der Waals surface area contributed by atoms with Gasteiger partial charge in [-0.2, -0.15) is 8.78 Å². The molecule has 0 radical (unpaired) electrons. The van der Waals surface area contributed by atoms with E-state index in [1.165, 1.54) is 0 Å². The van der Waals surface area contributed by atoms with Crippen LogP contribution in [0, 0.1) is 12.3 Å². The topological polar surface area (TPSA) is 43.4 Å². The number of Topliss-reactive ketones (excluding diaryl/α,β-unsaturated/α-hetero) is 1. The zero-order chi connectivity index (χ0) is 9.07. The fourth-order valence-electron chi connectivity index (χ4n) is 0.312. The Labute approximate surface area is 61.3 Å². The van der Waals surface area contributed by atoms with Gasteiger partial charge in [-0.1, -0.05) is 0 Å². The third kappa shape index (κ3) is 1.74. The van der Waals surface area contributed by atoms with Crippen molar-refractivity contribution in [3.05, 3.63) is 0 Å². The number of halogens is 2. The lowest BCUT2D eigenvalue weighted by atomic mass is 10.2. The van der Waals surface area contributed by atoms with Crippen molar-refractivity contribution in [2.45, 2.75) is 5.92 Å². The van der Waals surface area contributed by atoms with Gasteiger partial charge in [0.1, 0.15) is 0 Å². The fourth-order valence-corrected chi connectivity index (χ4v) is 0.312. The van der Waals surface area contributed by atoms with Crippen molar-refractivity contribution in [1.29, 1.82) is 0 Å². The monoisotopic (exact) mass is 162 g/mol. The average molecular weight is 162 g/mol. The highest BCUT2D eigenvalue weighted by atomic mass is 19.3. The molecule has 0 aromatic carbocycles. The van der Waals surface area contributed by atoms with Gasteiger partial charge in [-0.3, -0.25) is 4.79 Å². The molecule has 0 aliphatic carbocycles. The van der Waals surface area contributed by atoms with Gasteiger partial charge in [-0.25, -0.2) is 4.79 Å². The van der Waals surface area contributed by atoms with Gasteiger partial charge in [0.15, 0.2) is 0 Å². The maximum Gasteiger partial charge on any atom is 0.411 e. The van der Waals surface area contributed by atoms with E-state index >= 15 is 0 Å². The summed E-state index contributed by atoms with van der Waals surface area (Å²) in [6.45, 7) is 0. The van der Waals surface area contributed by atoms with E-state index in [1.807, 2.05) is 0 Å². The summed E-state index contributed by atoms with van der Waals surface area (Å²) in [6, 6.07) is 0. The molecule has 0 rings (SSSR count). The molecular formula is C6H4F2O3. The Morgan fingerprint density at radius 3 is 2.27 bits per heavy atom. The molecule has 0 bridgehead atoms. The summed E-state index contributed by atoms with van der Waals surface area (Å²) < 4.78 is 28.1. The predicted octanol–water partition coefficient (Wildman–Crippen LogP) is -0.00300. The first kappa shape index (κ1) is 9.56. The van der Waals surface area contributed by atoms with E-state index < -0.39 is 17.7 Å². The Balaban J connectivity index is 4.61. The Morgan fingerprint density at radius 1 is 1.55 bits per heavy atom. The minimum atomic E-state index is -4.22. The van der Waals surface area contributed by atoms with Crippen LogP contribution >= 0.6 is 0 Å². The zero-order valence-electron chi connectivity index (χ0n) is 5.56. The number of hydrogen-bond donors (Lipinski definition) is 0. The second-order valence-corrected chi connectivity index (χ2v) is 1.54. The van der Waals surface area contributed by atoms with Gasteiger partial charge in [0.2, 0.25) is 0 Å². The van der Waals surface area contributed by atoms with Crippen molar-refractivity contribution in [1.82, 2.24) is 0 Å². The minimum absolute atomic E-state index is 0.736. The molecule has 5 heteroatoms. The third-order valence-corrected chi connectivity index (χ3v) is 0.858. The molecule has 0 aromatic heterocycles. The first-order valence-electron chi connectivity index (χ1n) is 2.44. The highest BCUT2D eigenvalue weighted by Gasteiger charge is 2.47. The van der Waals surface area contributed by atoms with E-state index in [0.29, 0.717) is 0 Å². The molecule has 0 aliphatic heterocycles. The van der Waals surface area contributed by atoms with Crippen molar-refractivity contribution in [2.24, 2.45) is 0 Å². The second-order valence-electron chi connectivity index (χ2n) is 1.54. The number of esters is 1. The average Bonchev–Trinajstić information content (AvgIpc) is 2.01. The number of ketones is 1. The first-order valence-corrected chi connectivity index (χ1v) is 2.44. The predicted molar refractivity (Wildman–Crippen MR) is 30.8 cm³/mol. The Bertz CT molecular complexity index is 226. The summed E-state index contributed by atoms with van der Waals surface area (Å²) in [4.78, 5) is 20.3. The lowest BCUT2D eigenvalue weighted by Crippen LogP contribution is -2.37. The maximum atomic E-state index is 12.2. The van der Waals surface area contributed by atoms with E-state index in [-0.39, 0.29) is 0 Å². The van der Waals surface area contributed by atoms with Crippen LogP contribution in [-0.4, -0.2) is 24.8 Å². The number of carbonyl (C=O) groups excluding carboxylic acids is 2. The maximum absolute atomic E-state index is 12.2. The number of methoxy groups -OCH3 is 1. The molecule has 0 saturated carbocycles. The molecule has 0 unspecified atom stereocenters. The van der Waals surface area contributed by atoms with Crippen molar-refractivity contribution in [2.75, 3.05) is 7.11 Å². The van der Waals surface area contributed by atoms with E-state index in [1.54, 1.807) is 0 Å². The number of alkyl halides is 2. The highest BCUT2D eigenvalue weighted by Crippen LogP contribution is 2.15. The van der Waals surface area contributed by atoms with E-state index in [9.17, 15) is 18.4 Å². The molecule has 0 amide bonds. The fraction of sp³-hybridized carbons (Fsp3) is 0.333. The number of carbonyl (C=O) groups is 2. The van der Waals surface area contributed by atoms with Crippen LogP contribution in [-0.2, 0) is 14.3 Å². The lowest BCUT2D eigenvalue weighted by molar-refractivity contribution is -0.171. The Hall–Kier alpha value is -1.44. The van der Waals surface area contributed by atoms with Gasteiger partial charge in [0, 0.05) is 0 Å².